The molecule has 4 amide bonds. The third-order valence-corrected chi connectivity index (χ3v) is 5.65. The van der Waals surface area contributed by atoms with Gasteiger partial charge in [0.1, 0.15) is 23.7 Å². The fraction of sp³-hybridized carbons (Fsp3) is 0.0357. The standard InChI is InChI=1S/C28H19FN2O4/c29-21-11-6-12-22(16-21)31-27(33)24(26(32)30-28(31)34)15-19-8-2-4-14-25(19)35-17-20-10-5-9-18-7-1-3-13-23(18)20/h1-16H,17H2,(H,30,32,34)/b24-15+. The normalized spacial score (nSPS) is 14.9. The first-order valence-corrected chi connectivity index (χ1v) is 10.9. The van der Waals surface area contributed by atoms with Crippen LogP contribution in [0, 0.1) is 5.82 Å². The molecule has 1 heterocycles. The van der Waals surface area contributed by atoms with Crippen molar-refractivity contribution in [1.29, 1.82) is 0 Å². The molecular formula is C28H19FN2O4. The molecule has 1 fully saturated rings. The van der Waals surface area contributed by atoms with Crippen LogP contribution in [0.15, 0.2) is 96.6 Å². The summed E-state index contributed by atoms with van der Waals surface area (Å²) in [5.74, 6) is -1.84. The molecule has 6 nitrogen and oxygen atoms in total. The number of nitrogens with zero attached hydrogens (tertiary/aromatic N) is 1. The van der Waals surface area contributed by atoms with E-state index in [0.29, 0.717) is 11.3 Å². The van der Waals surface area contributed by atoms with E-state index in [4.69, 9.17) is 4.74 Å². The van der Waals surface area contributed by atoms with Crippen LogP contribution >= 0.6 is 0 Å². The lowest BCUT2D eigenvalue weighted by molar-refractivity contribution is -0.122. The second-order valence-corrected chi connectivity index (χ2v) is 7.90. The van der Waals surface area contributed by atoms with E-state index in [9.17, 15) is 18.8 Å². The molecule has 1 aliphatic rings. The highest BCUT2D eigenvalue weighted by Gasteiger charge is 2.37. The van der Waals surface area contributed by atoms with Gasteiger partial charge in [-0.25, -0.2) is 14.1 Å². The first-order chi connectivity index (χ1) is 17.0. The second-order valence-electron chi connectivity index (χ2n) is 7.90. The summed E-state index contributed by atoms with van der Waals surface area (Å²) in [4.78, 5) is 38.7. The van der Waals surface area contributed by atoms with Gasteiger partial charge < -0.3 is 4.74 Å². The highest BCUT2D eigenvalue weighted by atomic mass is 19.1. The van der Waals surface area contributed by atoms with Crippen molar-refractivity contribution in [3.8, 4) is 5.75 Å². The smallest absolute Gasteiger partial charge is 0.335 e. The monoisotopic (exact) mass is 466 g/mol. The average Bonchev–Trinajstić information content (AvgIpc) is 2.86. The minimum Gasteiger partial charge on any atom is -0.488 e. The van der Waals surface area contributed by atoms with Crippen molar-refractivity contribution in [2.24, 2.45) is 0 Å². The molecule has 1 aliphatic heterocycles. The first-order valence-electron chi connectivity index (χ1n) is 10.9. The largest absolute Gasteiger partial charge is 0.488 e. The van der Waals surface area contributed by atoms with Crippen LogP contribution in [-0.2, 0) is 16.2 Å². The van der Waals surface area contributed by atoms with E-state index < -0.39 is 23.7 Å². The Balaban J connectivity index is 1.46. The Bertz CT molecular complexity index is 1510. The van der Waals surface area contributed by atoms with E-state index >= 15 is 0 Å². The molecule has 4 aromatic carbocycles. The molecule has 0 atom stereocenters. The number of para-hydroxylation sites is 1. The highest BCUT2D eigenvalue weighted by Crippen LogP contribution is 2.27. The third kappa shape index (κ3) is 4.39. The maximum absolute atomic E-state index is 13.7. The Labute approximate surface area is 200 Å². The lowest BCUT2D eigenvalue weighted by Gasteiger charge is -2.26. The van der Waals surface area contributed by atoms with E-state index in [-0.39, 0.29) is 17.9 Å². The lowest BCUT2D eigenvalue weighted by atomic mass is 10.0. The zero-order valence-electron chi connectivity index (χ0n) is 18.4. The van der Waals surface area contributed by atoms with Crippen LogP contribution in [0.4, 0.5) is 14.9 Å². The van der Waals surface area contributed by atoms with Crippen LogP contribution in [0.25, 0.3) is 16.8 Å². The molecule has 1 saturated heterocycles. The Hall–Kier alpha value is -4.78. The van der Waals surface area contributed by atoms with Crippen LogP contribution < -0.4 is 15.0 Å². The molecule has 1 N–H and O–H groups in total. The van der Waals surface area contributed by atoms with E-state index in [1.807, 2.05) is 42.5 Å². The molecule has 0 saturated carbocycles. The predicted molar refractivity (Wildman–Crippen MR) is 130 cm³/mol. The van der Waals surface area contributed by atoms with Gasteiger partial charge in [-0.15, -0.1) is 0 Å². The molecule has 0 aliphatic carbocycles. The Kier molecular flexibility index (Phi) is 5.81. The van der Waals surface area contributed by atoms with Gasteiger partial charge in [-0.3, -0.25) is 14.9 Å². The number of carbonyl (C=O) groups is 3. The number of urea groups is 1. The summed E-state index contributed by atoms with van der Waals surface area (Å²) in [5, 5.41) is 4.30. The molecule has 7 heteroatoms. The van der Waals surface area contributed by atoms with Gasteiger partial charge in [-0.2, -0.15) is 0 Å². The van der Waals surface area contributed by atoms with Crippen molar-refractivity contribution in [2.45, 2.75) is 6.61 Å². The summed E-state index contributed by atoms with van der Waals surface area (Å²) in [6.07, 6.45) is 1.37. The molecule has 35 heavy (non-hydrogen) atoms. The Morgan fingerprint density at radius 1 is 0.857 bits per heavy atom. The highest BCUT2D eigenvalue weighted by molar-refractivity contribution is 6.39. The van der Waals surface area contributed by atoms with Crippen molar-refractivity contribution < 1.29 is 23.5 Å². The fourth-order valence-electron chi connectivity index (χ4n) is 3.97. The van der Waals surface area contributed by atoms with Gasteiger partial charge in [0.2, 0.25) is 0 Å². The zero-order valence-corrected chi connectivity index (χ0v) is 18.4. The number of hydrogen-bond donors (Lipinski definition) is 1. The van der Waals surface area contributed by atoms with Crippen LogP contribution in [-0.4, -0.2) is 17.8 Å². The number of rotatable bonds is 5. The molecule has 172 valence electrons. The summed E-state index contributed by atoms with van der Waals surface area (Å²) in [7, 11) is 0. The predicted octanol–water partition coefficient (Wildman–Crippen LogP) is 5.22. The number of anilines is 1. The number of hydrogen-bond acceptors (Lipinski definition) is 4. The summed E-state index contributed by atoms with van der Waals surface area (Å²) < 4.78 is 19.8. The molecule has 5 rings (SSSR count). The number of halogens is 1. The van der Waals surface area contributed by atoms with Gasteiger partial charge in [0.25, 0.3) is 11.8 Å². The van der Waals surface area contributed by atoms with E-state index in [1.54, 1.807) is 24.3 Å². The van der Waals surface area contributed by atoms with Crippen molar-refractivity contribution in [3.05, 3.63) is 114 Å². The molecule has 0 radical (unpaired) electrons. The quantitative estimate of drug-likeness (QED) is 0.323. The number of ether oxygens (including phenoxy) is 1. The maximum Gasteiger partial charge on any atom is 0.335 e. The van der Waals surface area contributed by atoms with E-state index in [1.165, 1.54) is 24.3 Å². The Morgan fingerprint density at radius 3 is 2.46 bits per heavy atom. The minimum absolute atomic E-state index is 0.0198. The lowest BCUT2D eigenvalue weighted by Crippen LogP contribution is -2.54. The van der Waals surface area contributed by atoms with Crippen LogP contribution in [0.3, 0.4) is 0 Å². The summed E-state index contributed by atoms with van der Waals surface area (Å²) in [6.45, 7) is 0.273. The number of nitrogens with one attached hydrogen (secondary N) is 1. The molecule has 0 bridgehead atoms. The fourth-order valence-corrected chi connectivity index (χ4v) is 3.97. The van der Waals surface area contributed by atoms with Gasteiger partial charge in [0.05, 0.1) is 5.69 Å². The van der Waals surface area contributed by atoms with Crippen molar-refractivity contribution in [2.75, 3.05) is 4.90 Å². The Morgan fingerprint density at radius 2 is 1.60 bits per heavy atom. The maximum atomic E-state index is 13.7. The molecule has 0 spiro atoms. The molecule has 4 aromatic rings. The van der Waals surface area contributed by atoms with Gasteiger partial charge in [-0.05, 0) is 46.7 Å². The molecular weight excluding hydrogens is 447 g/mol. The topological polar surface area (TPSA) is 75.7 Å². The van der Waals surface area contributed by atoms with Gasteiger partial charge in [-0.1, -0.05) is 66.7 Å². The third-order valence-electron chi connectivity index (χ3n) is 5.65. The van der Waals surface area contributed by atoms with Gasteiger partial charge in [0.15, 0.2) is 0 Å². The number of imide groups is 2. The second kappa shape index (κ2) is 9.23. The van der Waals surface area contributed by atoms with Gasteiger partial charge >= 0.3 is 6.03 Å². The number of barbiturate groups is 1. The summed E-state index contributed by atoms with van der Waals surface area (Å²) >= 11 is 0. The summed E-state index contributed by atoms with van der Waals surface area (Å²) in [5.41, 5.74) is 1.22. The van der Waals surface area contributed by atoms with E-state index in [2.05, 4.69) is 5.32 Å². The zero-order chi connectivity index (χ0) is 24.4. The van der Waals surface area contributed by atoms with Crippen LogP contribution in [0.5, 0.6) is 5.75 Å². The minimum atomic E-state index is -0.941. The number of benzene rings is 4. The number of amides is 4. The van der Waals surface area contributed by atoms with Gasteiger partial charge in [0, 0.05) is 5.56 Å². The number of carbonyl (C=O) groups excluding carboxylic acids is 3. The van der Waals surface area contributed by atoms with Crippen molar-refractivity contribution in [1.82, 2.24) is 5.32 Å². The number of fused-ring (bicyclic) bond motifs is 1. The van der Waals surface area contributed by atoms with Crippen molar-refractivity contribution in [3.63, 3.8) is 0 Å². The van der Waals surface area contributed by atoms with E-state index in [0.717, 1.165) is 27.3 Å². The van der Waals surface area contributed by atoms with Crippen molar-refractivity contribution >= 4 is 40.4 Å². The van der Waals surface area contributed by atoms with Crippen LogP contribution in [0.1, 0.15) is 11.1 Å². The molecule has 0 unspecified atom stereocenters. The average molecular weight is 466 g/mol. The molecule has 0 aromatic heterocycles. The van der Waals surface area contributed by atoms with Crippen LogP contribution in [0.2, 0.25) is 0 Å². The SMILES string of the molecule is O=C1NC(=O)N(c2cccc(F)c2)C(=O)/C1=C/c1ccccc1OCc1cccc2ccccc12. The summed E-state index contributed by atoms with van der Waals surface area (Å²) in [6, 6.07) is 25.0. The first kappa shape index (κ1) is 22.0.